The first-order valence-corrected chi connectivity index (χ1v) is 13.6. The number of amides is 2. The average Bonchev–Trinajstić information content (AvgIpc) is 3.34. The Kier molecular flexibility index (Phi) is 9.44. The Hall–Kier alpha value is -2.04. The van der Waals surface area contributed by atoms with Crippen molar-refractivity contribution in [2.24, 2.45) is 5.92 Å². The fraction of sp³-hybridized carbons (Fsp3) is 0.667. The summed E-state index contributed by atoms with van der Waals surface area (Å²) >= 11 is 0. The quantitative estimate of drug-likeness (QED) is 0.517. The Balaban J connectivity index is 1.75. The van der Waals surface area contributed by atoms with Crippen molar-refractivity contribution in [1.29, 1.82) is 0 Å². The SMILES string of the molecule is CC(C)[C@@H](C(=O)NC[C@H]1CCCO1)N(C(=O)CNS(=O)(=O)c1ccc(F)cc1)C1CCCCC1. The molecule has 2 aliphatic rings. The van der Waals surface area contributed by atoms with Crippen LogP contribution in [0.5, 0.6) is 0 Å². The van der Waals surface area contributed by atoms with Crippen molar-refractivity contribution in [3.63, 3.8) is 0 Å². The van der Waals surface area contributed by atoms with Crippen molar-refractivity contribution in [1.82, 2.24) is 14.9 Å². The maximum absolute atomic E-state index is 13.4. The van der Waals surface area contributed by atoms with Crippen molar-refractivity contribution in [3.8, 4) is 0 Å². The highest BCUT2D eigenvalue weighted by Gasteiger charge is 2.38. The zero-order chi connectivity index (χ0) is 24.7. The number of carbonyl (C=O) groups excluding carboxylic acids is 2. The van der Waals surface area contributed by atoms with Crippen LogP contribution >= 0.6 is 0 Å². The van der Waals surface area contributed by atoms with Gasteiger partial charge < -0.3 is 15.0 Å². The number of nitrogens with zero attached hydrogens (tertiary/aromatic N) is 1. The zero-order valence-corrected chi connectivity index (χ0v) is 20.8. The van der Waals surface area contributed by atoms with E-state index in [9.17, 15) is 22.4 Å². The number of ether oxygens (including phenoxy) is 1. The van der Waals surface area contributed by atoms with E-state index in [4.69, 9.17) is 4.74 Å². The van der Waals surface area contributed by atoms with Gasteiger partial charge in [0.25, 0.3) is 0 Å². The van der Waals surface area contributed by atoms with Crippen molar-refractivity contribution < 1.29 is 27.1 Å². The number of hydrogen-bond acceptors (Lipinski definition) is 5. The molecule has 1 heterocycles. The lowest BCUT2D eigenvalue weighted by Crippen LogP contribution is -2.58. The Morgan fingerprint density at radius 3 is 2.35 bits per heavy atom. The number of nitrogens with one attached hydrogen (secondary N) is 2. The van der Waals surface area contributed by atoms with E-state index in [1.807, 2.05) is 13.8 Å². The van der Waals surface area contributed by atoms with E-state index in [-0.39, 0.29) is 28.9 Å². The monoisotopic (exact) mass is 497 g/mol. The fourth-order valence-corrected chi connectivity index (χ4v) is 5.74. The third-order valence-corrected chi connectivity index (χ3v) is 7.94. The van der Waals surface area contributed by atoms with Gasteiger partial charge in [-0.15, -0.1) is 0 Å². The first-order valence-electron chi connectivity index (χ1n) is 12.1. The molecule has 2 N–H and O–H groups in total. The lowest BCUT2D eigenvalue weighted by molar-refractivity contribution is -0.145. The van der Waals surface area contributed by atoms with Gasteiger partial charge in [-0.05, 0) is 55.9 Å². The number of benzene rings is 1. The number of halogens is 1. The summed E-state index contributed by atoms with van der Waals surface area (Å²) in [5.41, 5.74) is 0. The van der Waals surface area contributed by atoms with Crippen LogP contribution in [0.3, 0.4) is 0 Å². The molecule has 3 rings (SSSR count). The van der Waals surface area contributed by atoms with Crippen LogP contribution < -0.4 is 10.0 Å². The smallest absolute Gasteiger partial charge is 0.243 e. The summed E-state index contributed by atoms with van der Waals surface area (Å²) in [4.78, 5) is 28.1. The predicted octanol–water partition coefficient (Wildman–Crippen LogP) is 2.59. The lowest BCUT2D eigenvalue weighted by Gasteiger charge is -2.41. The van der Waals surface area contributed by atoms with Gasteiger partial charge in [0.1, 0.15) is 11.9 Å². The van der Waals surface area contributed by atoms with Crippen LogP contribution in [-0.4, -0.2) is 63.0 Å². The minimum atomic E-state index is -4.01. The molecule has 2 atom stereocenters. The minimum absolute atomic E-state index is 0.0156. The van der Waals surface area contributed by atoms with Gasteiger partial charge in [0, 0.05) is 19.2 Å². The zero-order valence-electron chi connectivity index (χ0n) is 20.0. The average molecular weight is 498 g/mol. The summed E-state index contributed by atoms with van der Waals surface area (Å²) < 4.78 is 46.4. The van der Waals surface area contributed by atoms with Gasteiger partial charge >= 0.3 is 0 Å². The molecule has 34 heavy (non-hydrogen) atoms. The molecule has 1 aromatic rings. The number of rotatable bonds is 10. The molecule has 0 aromatic heterocycles. The maximum atomic E-state index is 13.4. The van der Waals surface area contributed by atoms with E-state index in [1.54, 1.807) is 4.90 Å². The van der Waals surface area contributed by atoms with Gasteiger partial charge in [-0.2, -0.15) is 0 Å². The van der Waals surface area contributed by atoms with Crippen LogP contribution in [0.15, 0.2) is 29.2 Å². The standard InChI is InChI=1S/C24H36FN3O5S/c1-17(2)23(24(30)26-15-20-9-6-14-33-20)28(19-7-4-3-5-8-19)22(29)16-27-34(31,32)21-12-10-18(25)11-13-21/h10-13,17,19-20,23,27H,3-9,14-16H2,1-2H3,(H,26,30)/t20-,23+/m1/s1. The van der Waals surface area contributed by atoms with Gasteiger partial charge in [0.05, 0.1) is 17.5 Å². The third kappa shape index (κ3) is 6.99. The number of hydrogen-bond donors (Lipinski definition) is 2. The molecule has 2 fully saturated rings. The topological polar surface area (TPSA) is 105 Å². The molecule has 1 aromatic carbocycles. The van der Waals surface area contributed by atoms with Crippen LogP contribution in [-0.2, 0) is 24.3 Å². The normalized spacial score (nSPS) is 20.3. The highest BCUT2D eigenvalue weighted by molar-refractivity contribution is 7.89. The van der Waals surface area contributed by atoms with Gasteiger partial charge in [0.2, 0.25) is 21.8 Å². The van der Waals surface area contributed by atoms with Crippen LogP contribution in [0.4, 0.5) is 4.39 Å². The minimum Gasteiger partial charge on any atom is -0.376 e. The number of sulfonamides is 1. The van der Waals surface area contributed by atoms with Crippen LogP contribution in [0.1, 0.15) is 58.8 Å². The second-order valence-electron chi connectivity index (χ2n) is 9.44. The fourth-order valence-electron chi connectivity index (χ4n) is 4.76. The number of carbonyl (C=O) groups is 2. The Labute approximate surface area is 201 Å². The van der Waals surface area contributed by atoms with Crippen molar-refractivity contribution in [2.75, 3.05) is 19.7 Å². The second kappa shape index (κ2) is 12.1. The molecular weight excluding hydrogens is 461 g/mol. The molecule has 1 saturated carbocycles. The molecule has 190 valence electrons. The van der Waals surface area contributed by atoms with Gasteiger partial charge in [-0.3, -0.25) is 9.59 Å². The second-order valence-corrected chi connectivity index (χ2v) is 11.2. The summed E-state index contributed by atoms with van der Waals surface area (Å²) in [5, 5.41) is 2.95. The van der Waals surface area contributed by atoms with Crippen LogP contribution in [0.25, 0.3) is 0 Å². The first-order chi connectivity index (χ1) is 16.2. The molecule has 1 aliphatic carbocycles. The molecule has 0 radical (unpaired) electrons. The Morgan fingerprint density at radius 1 is 1.09 bits per heavy atom. The largest absolute Gasteiger partial charge is 0.376 e. The van der Waals surface area contributed by atoms with E-state index in [0.717, 1.165) is 69.2 Å². The van der Waals surface area contributed by atoms with Crippen molar-refractivity contribution in [3.05, 3.63) is 30.1 Å². The predicted molar refractivity (Wildman–Crippen MR) is 126 cm³/mol. The molecule has 1 saturated heterocycles. The summed E-state index contributed by atoms with van der Waals surface area (Å²) in [7, 11) is -4.01. The maximum Gasteiger partial charge on any atom is 0.243 e. The lowest BCUT2D eigenvalue weighted by atomic mass is 9.90. The van der Waals surface area contributed by atoms with Gasteiger partial charge in [0.15, 0.2) is 0 Å². The molecule has 10 heteroatoms. The molecular formula is C24H36FN3O5S. The third-order valence-electron chi connectivity index (χ3n) is 6.52. The summed E-state index contributed by atoms with van der Waals surface area (Å²) in [6.07, 6.45) is 6.39. The molecule has 0 spiro atoms. The first kappa shape index (κ1) is 26.6. The van der Waals surface area contributed by atoms with Crippen molar-refractivity contribution in [2.45, 2.75) is 81.9 Å². The van der Waals surface area contributed by atoms with E-state index in [1.165, 1.54) is 0 Å². The van der Waals surface area contributed by atoms with Gasteiger partial charge in [-0.1, -0.05) is 33.1 Å². The van der Waals surface area contributed by atoms with Crippen molar-refractivity contribution >= 4 is 21.8 Å². The van der Waals surface area contributed by atoms with E-state index < -0.39 is 34.3 Å². The molecule has 0 bridgehead atoms. The van der Waals surface area contributed by atoms with Crippen LogP contribution in [0.2, 0.25) is 0 Å². The highest BCUT2D eigenvalue weighted by atomic mass is 32.2. The van der Waals surface area contributed by atoms with Crippen LogP contribution in [0, 0.1) is 11.7 Å². The molecule has 0 unspecified atom stereocenters. The van der Waals surface area contributed by atoms with E-state index >= 15 is 0 Å². The summed E-state index contributed by atoms with van der Waals surface area (Å²) in [5.74, 6) is -1.40. The highest BCUT2D eigenvalue weighted by Crippen LogP contribution is 2.27. The molecule has 8 nitrogen and oxygen atoms in total. The van der Waals surface area contributed by atoms with E-state index in [0.29, 0.717) is 13.2 Å². The Morgan fingerprint density at radius 2 is 1.76 bits per heavy atom. The van der Waals surface area contributed by atoms with Gasteiger partial charge in [-0.25, -0.2) is 17.5 Å². The summed E-state index contributed by atoms with van der Waals surface area (Å²) in [6, 6.07) is 3.56. The van der Waals surface area contributed by atoms with E-state index in [2.05, 4.69) is 10.0 Å². The molecule has 1 aliphatic heterocycles. The summed E-state index contributed by atoms with van der Waals surface area (Å²) in [6.45, 7) is 4.39. The Bertz CT molecular complexity index is 926. The molecule has 2 amide bonds.